The van der Waals surface area contributed by atoms with Crippen molar-refractivity contribution in [3.8, 4) is 0 Å². The number of para-hydroxylation sites is 1. The Morgan fingerprint density at radius 3 is 2.72 bits per heavy atom. The molecule has 0 unspecified atom stereocenters. The summed E-state index contributed by atoms with van der Waals surface area (Å²) in [5.41, 5.74) is 0.678. The molecule has 0 fully saturated rings. The Kier molecular flexibility index (Phi) is 3.77. The largest absolute Gasteiger partial charge is 0.466 e. The van der Waals surface area contributed by atoms with Gasteiger partial charge in [0.25, 0.3) is 0 Å². The van der Waals surface area contributed by atoms with Crippen LogP contribution in [0, 0.1) is 0 Å². The standard InChI is InChI=1S/C14H14O4/c1-2-17-14(16)8-7-11(15)13-9-10-5-3-4-6-12(10)18-13/h3-6,9H,2,7-8H2,1H3. The Morgan fingerprint density at radius 1 is 1.22 bits per heavy atom. The quantitative estimate of drug-likeness (QED) is 0.601. The van der Waals surface area contributed by atoms with Crippen molar-refractivity contribution in [2.45, 2.75) is 19.8 Å². The van der Waals surface area contributed by atoms with Crippen LogP contribution in [0.4, 0.5) is 0 Å². The van der Waals surface area contributed by atoms with Crippen molar-refractivity contribution in [1.29, 1.82) is 0 Å². The lowest BCUT2D eigenvalue weighted by molar-refractivity contribution is -0.143. The zero-order chi connectivity index (χ0) is 13.0. The Hall–Kier alpha value is -2.10. The zero-order valence-electron chi connectivity index (χ0n) is 10.1. The molecule has 0 N–H and O–H groups in total. The zero-order valence-corrected chi connectivity index (χ0v) is 10.1. The number of ketones is 1. The van der Waals surface area contributed by atoms with E-state index in [1.54, 1.807) is 19.1 Å². The number of fused-ring (bicyclic) bond motifs is 1. The van der Waals surface area contributed by atoms with Gasteiger partial charge in [-0.25, -0.2) is 0 Å². The van der Waals surface area contributed by atoms with Crippen LogP contribution in [0.2, 0.25) is 0 Å². The van der Waals surface area contributed by atoms with E-state index in [1.165, 1.54) is 0 Å². The molecule has 0 atom stereocenters. The summed E-state index contributed by atoms with van der Waals surface area (Å²) in [5, 5.41) is 0.886. The second-order valence-corrected chi connectivity index (χ2v) is 3.88. The summed E-state index contributed by atoms with van der Waals surface area (Å²) in [4.78, 5) is 23.0. The smallest absolute Gasteiger partial charge is 0.306 e. The summed E-state index contributed by atoms with van der Waals surface area (Å²) in [5.74, 6) is -0.248. The highest BCUT2D eigenvalue weighted by molar-refractivity contribution is 5.98. The molecule has 0 saturated heterocycles. The number of hydrogen-bond acceptors (Lipinski definition) is 4. The molecular formula is C14H14O4. The summed E-state index contributed by atoms with van der Waals surface area (Å²) in [7, 11) is 0. The lowest BCUT2D eigenvalue weighted by Crippen LogP contribution is -2.07. The average molecular weight is 246 g/mol. The van der Waals surface area contributed by atoms with Gasteiger partial charge in [0.15, 0.2) is 11.5 Å². The van der Waals surface area contributed by atoms with E-state index in [1.807, 2.05) is 18.2 Å². The van der Waals surface area contributed by atoms with Gasteiger partial charge < -0.3 is 9.15 Å². The lowest BCUT2D eigenvalue weighted by atomic mass is 10.1. The lowest BCUT2D eigenvalue weighted by Gasteiger charge is -1.99. The number of carbonyl (C=O) groups is 2. The summed E-state index contributed by atoms with van der Waals surface area (Å²) in [6.07, 6.45) is 0.197. The number of carbonyl (C=O) groups excluding carboxylic acids is 2. The van der Waals surface area contributed by atoms with Crippen LogP contribution in [0.5, 0.6) is 0 Å². The normalized spacial score (nSPS) is 10.5. The Bertz CT molecular complexity index is 535. The molecule has 0 aliphatic carbocycles. The van der Waals surface area contributed by atoms with E-state index < -0.39 is 0 Å². The minimum atomic E-state index is -0.359. The number of benzene rings is 1. The van der Waals surface area contributed by atoms with E-state index in [4.69, 9.17) is 9.15 Å². The Labute approximate surface area is 105 Å². The number of esters is 1. The third-order valence-electron chi connectivity index (χ3n) is 2.56. The van der Waals surface area contributed by atoms with Crippen molar-refractivity contribution < 1.29 is 18.7 Å². The van der Waals surface area contributed by atoms with Crippen LogP contribution in [0.3, 0.4) is 0 Å². The first kappa shape index (κ1) is 12.4. The molecule has 0 aliphatic heterocycles. The van der Waals surface area contributed by atoms with Crippen molar-refractivity contribution in [3.05, 3.63) is 36.1 Å². The molecule has 2 aromatic rings. The summed E-state index contributed by atoms with van der Waals surface area (Å²) < 4.78 is 10.2. The SMILES string of the molecule is CCOC(=O)CCC(=O)c1cc2ccccc2o1. The minimum absolute atomic E-state index is 0.0870. The molecule has 1 aromatic carbocycles. The molecule has 0 spiro atoms. The van der Waals surface area contributed by atoms with E-state index in [2.05, 4.69) is 0 Å². The minimum Gasteiger partial charge on any atom is -0.466 e. The summed E-state index contributed by atoms with van der Waals surface area (Å²) >= 11 is 0. The molecule has 0 saturated carbocycles. The van der Waals surface area contributed by atoms with E-state index in [-0.39, 0.29) is 24.6 Å². The molecule has 2 rings (SSSR count). The Morgan fingerprint density at radius 2 is 2.00 bits per heavy atom. The maximum Gasteiger partial charge on any atom is 0.306 e. The first-order chi connectivity index (χ1) is 8.70. The second-order valence-electron chi connectivity index (χ2n) is 3.88. The first-order valence-electron chi connectivity index (χ1n) is 5.88. The third kappa shape index (κ3) is 2.77. The molecule has 1 heterocycles. The van der Waals surface area contributed by atoms with Crippen LogP contribution >= 0.6 is 0 Å². The summed E-state index contributed by atoms with van der Waals surface area (Å²) in [6, 6.07) is 9.10. The predicted octanol–water partition coefficient (Wildman–Crippen LogP) is 2.96. The van der Waals surface area contributed by atoms with Gasteiger partial charge in [0.05, 0.1) is 13.0 Å². The van der Waals surface area contributed by atoms with Crippen molar-refractivity contribution >= 4 is 22.7 Å². The number of furan rings is 1. The van der Waals surface area contributed by atoms with Crippen LogP contribution in [0.1, 0.15) is 30.3 Å². The topological polar surface area (TPSA) is 56.5 Å². The predicted molar refractivity (Wildman–Crippen MR) is 66.4 cm³/mol. The number of hydrogen-bond donors (Lipinski definition) is 0. The number of rotatable bonds is 5. The average Bonchev–Trinajstić information content (AvgIpc) is 2.80. The molecule has 4 heteroatoms. The number of ether oxygens (including phenoxy) is 1. The van der Waals surface area contributed by atoms with E-state index in [9.17, 15) is 9.59 Å². The molecule has 0 bridgehead atoms. The van der Waals surface area contributed by atoms with Crippen LogP contribution < -0.4 is 0 Å². The molecule has 94 valence electrons. The maximum atomic E-state index is 11.8. The fraction of sp³-hybridized carbons (Fsp3) is 0.286. The van der Waals surface area contributed by atoms with Crippen molar-refractivity contribution in [2.75, 3.05) is 6.61 Å². The van der Waals surface area contributed by atoms with Gasteiger partial charge in [0.2, 0.25) is 0 Å². The molecule has 0 aliphatic rings. The Balaban J connectivity index is 2.02. The van der Waals surface area contributed by atoms with Crippen LogP contribution in [0.15, 0.2) is 34.7 Å². The van der Waals surface area contributed by atoms with E-state index in [0.29, 0.717) is 18.0 Å². The molecule has 1 aromatic heterocycles. The van der Waals surface area contributed by atoms with Gasteiger partial charge in [0.1, 0.15) is 5.58 Å². The van der Waals surface area contributed by atoms with Gasteiger partial charge in [-0.3, -0.25) is 9.59 Å². The van der Waals surface area contributed by atoms with Gasteiger partial charge in [-0.05, 0) is 19.1 Å². The van der Waals surface area contributed by atoms with Gasteiger partial charge in [-0.1, -0.05) is 18.2 Å². The monoisotopic (exact) mass is 246 g/mol. The highest BCUT2D eigenvalue weighted by atomic mass is 16.5. The van der Waals surface area contributed by atoms with E-state index >= 15 is 0 Å². The van der Waals surface area contributed by atoms with Crippen LogP contribution in [-0.4, -0.2) is 18.4 Å². The second kappa shape index (κ2) is 5.49. The van der Waals surface area contributed by atoms with Gasteiger partial charge in [-0.15, -0.1) is 0 Å². The van der Waals surface area contributed by atoms with Gasteiger partial charge in [-0.2, -0.15) is 0 Å². The molecule has 4 nitrogen and oxygen atoms in total. The molecule has 0 amide bonds. The van der Waals surface area contributed by atoms with Gasteiger partial charge >= 0.3 is 5.97 Å². The highest BCUT2D eigenvalue weighted by Gasteiger charge is 2.14. The van der Waals surface area contributed by atoms with Crippen LogP contribution in [-0.2, 0) is 9.53 Å². The third-order valence-corrected chi connectivity index (χ3v) is 2.56. The highest BCUT2D eigenvalue weighted by Crippen LogP contribution is 2.20. The van der Waals surface area contributed by atoms with Crippen LogP contribution in [0.25, 0.3) is 11.0 Å². The van der Waals surface area contributed by atoms with Crippen molar-refractivity contribution in [1.82, 2.24) is 0 Å². The van der Waals surface area contributed by atoms with Crippen molar-refractivity contribution in [3.63, 3.8) is 0 Å². The first-order valence-corrected chi connectivity index (χ1v) is 5.88. The summed E-state index contributed by atoms with van der Waals surface area (Å²) in [6.45, 7) is 2.07. The van der Waals surface area contributed by atoms with Crippen molar-refractivity contribution in [2.24, 2.45) is 0 Å². The molecular weight excluding hydrogens is 232 g/mol. The maximum absolute atomic E-state index is 11.8. The fourth-order valence-corrected chi connectivity index (χ4v) is 1.69. The molecule has 18 heavy (non-hydrogen) atoms. The number of Topliss-reactive ketones (excluding diaryl/α,β-unsaturated/α-hetero) is 1. The molecule has 0 radical (unpaired) electrons. The van der Waals surface area contributed by atoms with Gasteiger partial charge in [0, 0.05) is 11.8 Å². The van der Waals surface area contributed by atoms with E-state index in [0.717, 1.165) is 5.39 Å². The fourth-order valence-electron chi connectivity index (χ4n) is 1.69.